The minimum atomic E-state index is -0.964. The average Bonchev–Trinajstić information content (AvgIpc) is 2.72. The first-order chi connectivity index (χ1) is 13.1. The SMILES string of the molecule is COc1cnccc1N1CCN(C(=O)NCc2ccc(C(=O)O)cc2)CC1. The highest BCUT2D eigenvalue weighted by molar-refractivity contribution is 5.87. The highest BCUT2D eigenvalue weighted by atomic mass is 16.5. The molecule has 0 saturated carbocycles. The number of aromatic nitrogens is 1. The molecule has 0 unspecified atom stereocenters. The van der Waals surface area contributed by atoms with E-state index in [9.17, 15) is 9.59 Å². The summed E-state index contributed by atoms with van der Waals surface area (Å²) in [5, 5.41) is 11.8. The van der Waals surface area contributed by atoms with Gasteiger partial charge in [0.2, 0.25) is 0 Å². The van der Waals surface area contributed by atoms with Crippen LogP contribution in [0, 0.1) is 0 Å². The van der Waals surface area contributed by atoms with E-state index >= 15 is 0 Å². The van der Waals surface area contributed by atoms with E-state index in [2.05, 4.69) is 15.2 Å². The third-order valence-corrected chi connectivity index (χ3v) is 4.53. The van der Waals surface area contributed by atoms with Gasteiger partial charge in [-0.2, -0.15) is 0 Å². The van der Waals surface area contributed by atoms with Gasteiger partial charge in [-0.15, -0.1) is 0 Å². The number of urea groups is 1. The summed E-state index contributed by atoms with van der Waals surface area (Å²) in [5.41, 5.74) is 2.06. The Labute approximate surface area is 157 Å². The van der Waals surface area contributed by atoms with Gasteiger partial charge in [-0.05, 0) is 23.8 Å². The zero-order valence-corrected chi connectivity index (χ0v) is 15.1. The van der Waals surface area contributed by atoms with E-state index < -0.39 is 5.97 Å². The van der Waals surface area contributed by atoms with Gasteiger partial charge in [0.15, 0.2) is 5.75 Å². The van der Waals surface area contributed by atoms with Crippen LogP contribution in [0.5, 0.6) is 5.75 Å². The molecule has 1 fully saturated rings. The van der Waals surface area contributed by atoms with Gasteiger partial charge in [0.05, 0.1) is 24.6 Å². The second kappa shape index (κ2) is 8.39. The molecule has 1 aliphatic rings. The summed E-state index contributed by atoms with van der Waals surface area (Å²) < 4.78 is 5.35. The van der Waals surface area contributed by atoms with Crippen molar-refractivity contribution in [1.82, 2.24) is 15.2 Å². The third kappa shape index (κ3) is 4.46. The zero-order valence-electron chi connectivity index (χ0n) is 15.1. The predicted molar refractivity (Wildman–Crippen MR) is 100 cm³/mol. The summed E-state index contributed by atoms with van der Waals surface area (Å²) in [6.45, 7) is 2.99. The van der Waals surface area contributed by atoms with Crippen LogP contribution in [0.4, 0.5) is 10.5 Å². The normalized spacial score (nSPS) is 14.0. The second-order valence-electron chi connectivity index (χ2n) is 6.18. The zero-order chi connectivity index (χ0) is 19.2. The van der Waals surface area contributed by atoms with Crippen molar-refractivity contribution < 1.29 is 19.4 Å². The lowest BCUT2D eigenvalue weighted by molar-refractivity contribution is 0.0697. The Morgan fingerprint density at radius 1 is 1.15 bits per heavy atom. The van der Waals surface area contributed by atoms with E-state index in [0.29, 0.717) is 32.7 Å². The summed E-state index contributed by atoms with van der Waals surface area (Å²) in [6, 6.07) is 8.26. The van der Waals surface area contributed by atoms with Gasteiger partial charge in [0, 0.05) is 38.9 Å². The molecule has 3 rings (SSSR count). The number of anilines is 1. The minimum absolute atomic E-state index is 0.126. The summed E-state index contributed by atoms with van der Waals surface area (Å²) in [6.07, 6.45) is 3.41. The molecule has 8 heteroatoms. The van der Waals surface area contributed by atoms with Crippen LogP contribution in [0.1, 0.15) is 15.9 Å². The molecule has 0 spiro atoms. The number of hydrogen-bond donors (Lipinski definition) is 2. The number of carbonyl (C=O) groups excluding carboxylic acids is 1. The van der Waals surface area contributed by atoms with Crippen molar-refractivity contribution in [3.63, 3.8) is 0 Å². The molecule has 2 amide bonds. The molecule has 1 saturated heterocycles. The molecule has 0 bridgehead atoms. The number of carboxylic acid groups (broad SMARTS) is 1. The van der Waals surface area contributed by atoms with Gasteiger partial charge in [-0.3, -0.25) is 4.98 Å². The average molecular weight is 370 g/mol. The summed E-state index contributed by atoms with van der Waals surface area (Å²) in [7, 11) is 1.62. The molecule has 0 aliphatic carbocycles. The van der Waals surface area contributed by atoms with Crippen LogP contribution >= 0.6 is 0 Å². The van der Waals surface area contributed by atoms with Gasteiger partial charge < -0.3 is 25.0 Å². The van der Waals surface area contributed by atoms with Crippen LogP contribution in [-0.2, 0) is 6.54 Å². The minimum Gasteiger partial charge on any atom is -0.493 e. The number of nitrogens with one attached hydrogen (secondary N) is 1. The van der Waals surface area contributed by atoms with Crippen LogP contribution < -0.4 is 15.0 Å². The van der Waals surface area contributed by atoms with Crippen molar-refractivity contribution in [3.05, 3.63) is 53.9 Å². The molecular formula is C19H22N4O4. The molecule has 8 nitrogen and oxygen atoms in total. The van der Waals surface area contributed by atoms with E-state index in [4.69, 9.17) is 9.84 Å². The fourth-order valence-electron chi connectivity index (χ4n) is 3.00. The molecule has 1 aromatic heterocycles. The Morgan fingerprint density at radius 2 is 1.85 bits per heavy atom. The molecule has 27 heavy (non-hydrogen) atoms. The smallest absolute Gasteiger partial charge is 0.335 e. The fraction of sp³-hybridized carbons (Fsp3) is 0.316. The maximum Gasteiger partial charge on any atom is 0.335 e. The van der Waals surface area contributed by atoms with E-state index in [-0.39, 0.29) is 11.6 Å². The predicted octanol–water partition coefficient (Wildman–Crippen LogP) is 1.82. The topological polar surface area (TPSA) is 95.0 Å². The Morgan fingerprint density at radius 3 is 2.48 bits per heavy atom. The number of piperazine rings is 1. The van der Waals surface area contributed by atoms with Crippen LogP contribution in [0.25, 0.3) is 0 Å². The second-order valence-corrected chi connectivity index (χ2v) is 6.18. The first-order valence-electron chi connectivity index (χ1n) is 8.66. The van der Waals surface area contributed by atoms with Gasteiger partial charge in [-0.1, -0.05) is 12.1 Å². The van der Waals surface area contributed by atoms with Crippen LogP contribution in [0.3, 0.4) is 0 Å². The lowest BCUT2D eigenvalue weighted by atomic mass is 10.1. The van der Waals surface area contributed by atoms with E-state index in [1.807, 2.05) is 6.07 Å². The standard InChI is InChI=1S/C19H22N4O4/c1-27-17-13-20-7-6-16(17)22-8-10-23(11-9-22)19(26)21-12-14-2-4-15(5-3-14)18(24)25/h2-7,13H,8-12H2,1H3,(H,21,26)(H,24,25). The number of carboxylic acids is 1. The molecule has 1 aliphatic heterocycles. The van der Waals surface area contributed by atoms with Gasteiger partial charge in [0.25, 0.3) is 0 Å². The van der Waals surface area contributed by atoms with Crippen molar-refractivity contribution >= 4 is 17.7 Å². The van der Waals surface area contributed by atoms with Crippen LogP contribution in [0.2, 0.25) is 0 Å². The molecule has 2 aromatic rings. The lowest BCUT2D eigenvalue weighted by Crippen LogP contribution is -2.51. The van der Waals surface area contributed by atoms with Gasteiger partial charge in [0.1, 0.15) is 0 Å². The van der Waals surface area contributed by atoms with Gasteiger partial charge >= 0.3 is 12.0 Å². The summed E-state index contributed by atoms with van der Waals surface area (Å²) in [4.78, 5) is 31.3. The van der Waals surface area contributed by atoms with E-state index in [1.54, 1.807) is 36.5 Å². The van der Waals surface area contributed by atoms with Crippen LogP contribution in [-0.4, -0.2) is 60.3 Å². The van der Waals surface area contributed by atoms with Crippen molar-refractivity contribution in [3.8, 4) is 5.75 Å². The quantitative estimate of drug-likeness (QED) is 0.834. The summed E-state index contributed by atoms with van der Waals surface area (Å²) in [5.74, 6) is -0.241. The van der Waals surface area contributed by atoms with E-state index in [1.165, 1.54) is 12.1 Å². The number of benzene rings is 1. The molecule has 2 heterocycles. The van der Waals surface area contributed by atoms with Crippen molar-refractivity contribution in [2.24, 2.45) is 0 Å². The number of pyridine rings is 1. The Balaban J connectivity index is 1.50. The maximum atomic E-state index is 12.4. The number of amides is 2. The number of methoxy groups -OCH3 is 1. The largest absolute Gasteiger partial charge is 0.493 e. The Bertz CT molecular complexity index is 802. The fourth-order valence-corrected chi connectivity index (χ4v) is 3.00. The number of aromatic carboxylic acids is 1. The highest BCUT2D eigenvalue weighted by Gasteiger charge is 2.22. The van der Waals surface area contributed by atoms with Crippen molar-refractivity contribution in [1.29, 1.82) is 0 Å². The maximum absolute atomic E-state index is 12.4. The van der Waals surface area contributed by atoms with Crippen molar-refractivity contribution in [2.75, 3.05) is 38.2 Å². The molecule has 0 atom stereocenters. The molecule has 2 N–H and O–H groups in total. The molecule has 0 radical (unpaired) electrons. The number of rotatable bonds is 5. The van der Waals surface area contributed by atoms with E-state index in [0.717, 1.165) is 17.0 Å². The molecular weight excluding hydrogens is 348 g/mol. The number of hydrogen-bond acceptors (Lipinski definition) is 5. The Kier molecular flexibility index (Phi) is 5.75. The van der Waals surface area contributed by atoms with Crippen molar-refractivity contribution in [2.45, 2.75) is 6.54 Å². The highest BCUT2D eigenvalue weighted by Crippen LogP contribution is 2.27. The number of nitrogens with zero attached hydrogens (tertiary/aromatic N) is 3. The first kappa shape index (κ1) is 18.5. The Hall–Kier alpha value is -3.29. The molecule has 1 aromatic carbocycles. The third-order valence-electron chi connectivity index (χ3n) is 4.53. The van der Waals surface area contributed by atoms with Gasteiger partial charge in [-0.25, -0.2) is 9.59 Å². The van der Waals surface area contributed by atoms with Crippen LogP contribution in [0.15, 0.2) is 42.7 Å². The lowest BCUT2D eigenvalue weighted by Gasteiger charge is -2.36. The summed E-state index contributed by atoms with van der Waals surface area (Å²) >= 11 is 0. The number of ether oxygens (including phenoxy) is 1. The number of carbonyl (C=O) groups is 2. The first-order valence-corrected chi connectivity index (χ1v) is 8.66. The molecule has 142 valence electrons. The monoisotopic (exact) mass is 370 g/mol.